The van der Waals surface area contributed by atoms with Crippen LogP contribution < -0.4 is 5.32 Å². The number of hydrogen-bond donors (Lipinski definition) is 1. The van der Waals surface area contributed by atoms with Gasteiger partial charge in [0.1, 0.15) is 0 Å². The number of carbonyl (C=O) groups excluding carboxylic acids is 2. The number of amides is 2. The molecule has 2 amide bonds. The first-order valence-electron chi connectivity index (χ1n) is 7.98. The molecule has 1 saturated heterocycles. The van der Waals surface area contributed by atoms with Crippen LogP contribution >= 0.6 is 11.6 Å². The molecule has 1 aliphatic heterocycles. The lowest BCUT2D eigenvalue weighted by Gasteiger charge is -2.26. The molecule has 25 heavy (non-hydrogen) atoms. The molecule has 2 heterocycles. The quantitative estimate of drug-likeness (QED) is 0.898. The van der Waals surface area contributed by atoms with Gasteiger partial charge in [-0.05, 0) is 17.7 Å². The molecule has 1 fully saturated rings. The first-order chi connectivity index (χ1) is 12.0. The predicted molar refractivity (Wildman–Crippen MR) is 93.7 cm³/mol. The minimum absolute atomic E-state index is 0.167. The largest absolute Gasteiger partial charge is 0.378 e. The molecule has 7 nitrogen and oxygen atoms in total. The highest BCUT2D eigenvalue weighted by Crippen LogP contribution is 2.18. The van der Waals surface area contributed by atoms with Gasteiger partial charge in [0.15, 0.2) is 5.69 Å². The van der Waals surface area contributed by atoms with E-state index in [0.717, 1.165) is 5.56 Å². The molecule has 0 spiro atoms. The number of ether oxygens (including phenoxy) is 1. The van der Waals surface area contributed by atoms with Gasteiger partial charge < -0.3 is 15.0 Å². The molecular formula is C17H19ClN4O3. The Labute approximate surface area is 150 Å². The average molecular weight is 363 g/mol. The van der Waals surface area contributed by atoms with Crippen molar-refractivity contribution in [2.75, 3.05) is 31.6 Å². The van der Waals surface area contributed by atoms with Gasteiger partial charge in [-0.25, -0.2) is 0 Å². The summed E-state index contributed by atoms with van der Waals surface area (Å²) < 4.78 is 6.78. The Morgan fingerprint density at radius 2 is 2.08 bits per heavy atom. The average Bonchev–Trinajstić information content (AvgIpc) is 2.95. The van der Waals surface area contributed by atoms with E-state index in [1.807, 2.05) is 6.07 Å². The third kappa shape index (κ3) is 4.37. The Morgan fingerprint density at radius 1 is 1.32 bits per heavy atom. The Balaban J connectivity index is 1.71. The van der Waals surface area contributed by atoms with Crippen LogP contribution in [0.2, 0.25) is 5.02 Å². The molecule has 8 heteroatoms. The highest BCUT2D eigenvalue weighted by atomic mass is 35.5. The zero-order chi connectivity index (χ0) is 17.8. The van der Waals surface area contributed by atoms with Gasteiger partial charge in [-0.1, -0.05) is 23.7 Å². The second-order valence-electron chi connectivity index (χ2n) is 5.82. The van der Waals surface area contributed by atoms with Crippen LogP contribution in [0.3, 0.4) is 0 Å². The number of benzene rings is 1. The highest BCUT2D eigenvalue weighted by molar-refractivity contribution is 6.30. The number of halogens is 1. The maximum absolute atomic E-state index is 12.6. The first kappa shape index (κ1) is 17.4. The number of anilines is 1. The van der Waals surface area contributed by atoms with Crippen LogP contribution in [0.25, 0.3) is 0 Å². The van der Waals surface area contributed by atoms with E-state index < -0.39 is 0 Å². The van der Waals surface area contributed by atoms with Gasteiger partial charge >= 0.3 is 0 Å². The van der Waals surface area contributed by atoms with E-state index in [2.05, 4.69) is 10.4 Å². The van der Waals surface area contributed by atoms with Gasteiger partial charge in [-0.2, -0.15) is 5.10 Å². The van der Waals surface area contributed by atoms with Gasteiger partial charge in [-0.15, -0.1) is 0 Å². The molecule has 1 N–H and O–H groups in total. The normalized spacial score (nSPS) is 14.4. The molecule has 0 aliphatic carbocycles. The number of nitrogens with one attached hydrogen (secondary N) is 1. The summed E-state index contributed by atoms with van der Waals surface area (Å²) in [5, 5.41) is 7.56. The van der Waals surface area contributed by atoms with Gasteiger partial charge in [0.2, 0.25) is 5.91 Å². The second-order valence-corrected chi connectivity index (χ2v) is 6.26. The van der Waals surface area contributed by atoms with Crippen LogP contribution in [0, 0.1) is 0 Å². The number of morpholine rings is 1. The van der Waals surface area contributed by atoms with Crippen molar-refractivity contribution in [3.8, 4) is 0 Å². The summed E-state index contributed by atoms with van der Waals surface area (Å²) >= 11 is 5.94. The second kappa shape index (κ2) is 7.67. The molecule has 0 unspecified atom stereocenters. The van der Waals surface area contributed by atoms with Gasteiger partial charge in [0, 0.05) is 31.4 Å². The van der Waals surface area contributed by atoms with Crippen molar-refractivity contribution in [1.82, 2.24) is 14.7 Å². The summed E-state index contributed by atoms with van der Waals surface area (Å²) in [6, 6.07) is 7.12. The van der Waals surface area contributed by atoms with E-state index in [-0.39, 0.29) is 23.9 Å². The molecule has 3 rings (SSSR count). The Bertz CT molecular complexity index is 784. The summed E-state index contributed by atoms with van der Waals surface area (Å²) in [5.74, 6) is -0.437. The fourth-order valence-corrected chi connectivity index (χ4v) is 2.89. The molecule has 0 bridgehead atoms. The molecule has 0 radical (unpaired) electrons. The lowest BCUT2D eigenvalue weighted by atomic mass is 10.1. The topological polar surface area (TPSA) is 76.5 Å². The van der Waals surface area contributed by atoms with Gasteiger partial charge in [0.25, 0.3) is 5.91 Å². The third-order valence-corrected chi connectivity index (χ3v) is 4.09. The van der Waals surface area contributed by atoms with E-state index in [1.54, 1.807) is 36.3 Å². The Morgan fingerprint density at radius 3 is 2.80 bits per heavy atom. The van der Waals surface area contributed by atoms with E-state index in [4.69, 9.17) is 16.3 Å². The Hall–Kier alpha value is -2.38. The van der Waals surface area contributed by atoms with Crippen LogP contribution in [-0.2, 0) is 23.0 Å². The van der Waals surface area contributed by atoms with Crippen molar-refractivity contribution in [2.45, 2.75) is 6.42 Å². The molecular weight excluding hydrogens is 344 g/mol. The number of carbonyl (C=O) groups is 2. The summed E-state index contributed by atoms with van der Waals surface area (Å²) in [6.07, 6.45) is 1.80. The summed E-state index contributed by atoms with van der Waals surface area (Å²) in [5.41, 5.74) is 1.45. The van der Waals surface area contributed by atoms with E-state index >= 15 is 0 Å². The van der Waals surface area contributed by atoms with Crippen molar-refractivity contribution in [1.29, 1.82) is 0 Å². The highest BCUT2D eigenvalue weighted by Gasteiger charge is 2.24. The van der Waals surface area contributed by atoms with Gasteiger partial charge in [-0.3, -0.25) is 14.3 Å². The minimum Gasteiger partial charge on any atom is -0.378 e. The van der Waals surface area contributed by atoms with E-state index in [1.165, 1.54) is 4.68 Å². The monoisotopic (exact) mass is 362 g/mol. The lowest BCUT2D eigenvalue weighted by Crippen LogP contribution is -2.41. The maximum Gasteiger partial charge on any atom is 0.276 e. The molecule has 1 aromatic carbocycles. The van der Waals surface area contributed by atoms with Crippen molar-refractivity contribution in [2.24, 2.45) is 7.05 Å². The van der Waals surface area contributed by atoms with Crippen LogP contribution in [0.1, 0.15) is 16.1 Å². The minimum atomic E-state index is -0.230. The summed E-state index contributed by atoms with van der Waals surface area (Å²) in [7, 11) is 1.71. The summed E-state index contributed by atoms with van der Waals surface area (Å²) in [4.78, 5) is 26.6. The van der Waals surface area contributed by atoms with Crippen molar-refractivity contribution in [3.63, 3.8) is 0 Å². The van der Waals surface area contributed by atoms with E-state index in [9.17, 15) is 9.59 Å². The number of aryl methyl sites for hydroxylation is 1. The SMILES string of the molecule is Cn1cc(NC(=O)Cc2cccc(Cl)c2)c(C(=O)N2CCOCC2)n1. The molecule has 0 saturated carbocycles. The molecule has 1 aliphatic rings. The number of rotatable bonds is 4. The van der Waals surface area contributed by atoms with Crippen molar-refractivity contribution in [3.05, 3.63) is 46.7 Å². The first-order valence-corrected chi connectivity index (χ1v) is 8.35. The maximum atomic E-state index is 12.6. The lowest BCUT2D eigenvalue weighted by molar-refractivity contribution is -0.115. The van der Waals surface area contributed by atoms with Crippen molar-refractivity contribution < 1.29 is 14.3 Å². The smallest absolute Gasteiger partial charge is 0.276 e. The number of nitrogens with zero attached hydrogens (tertiary/aromatic N) is 3. The molecule has 132 valence electrons. The molecule has 0 atom stereocenters. The number of aromatic nitrogens is 2. The van der Waals surface area contributed by atoms with Crippen LogP contribution in [0.15, 0.2) is 30.5 Å². The van der Waals surface area contributed by atoms with E-state index in [0.29, 0.717) is 37.0 Å². The Kier molecular flexibility index (Phi) is 5.35. The standard InChI is InChI=1S/C17H19ClN4O3/c1-21-11-14(16(20-21)17(24)22-5-7-25-8-6-22)19-15(23)10-12-3-2-4-13(18)9-12/h2-4,9,11H,5-8,10H2,1H3,(H,19,23). The zero-order valence-electron chi connectivity index (χ0n) is 13.9. The fraction of sp³-hybridized carbons (Fsp3) is 0.353. The third-order valence-electron chi connectivity index (χ3n) is 3.86. The van der Waals surface area contributed by atoms with Crippen LogP contribution in [0.4, 0.5) is 5.69 Å². The van der Waals surface area contributed by atoms with Crippen LogP contribution in [0.5, 0.6) is 0 Å². The van der Waals surface area contributed by atoms with Crippen LogP contribution in [-0.4, -0.2) is 52.8 Å². The van der Waals surface area contributed by atoms with Crippen molar-refractivity contribution >= 4 is 29.1 Å². The fourth-order valence-electron chi connectivity index (χ4n) is 2.68. The summed E-state index contributed by atoms with van der Waals surface area (Å²) in [6.45, 7) is 2.06. The predicted octanol–water partition coefficient (Wildman–Crippen LogP) is 1.73. The van der Waals surface area contributed by atoms with Gasteiger partial charge in [0.05, 0.1) is 25.3 Å². The zero-order valence-corrected chi connectivity index (χ0v) is 14.6. The number of hydrogen-bond acceptors (Lipinski definition) is 4. The molecule has 2 aromatic rings. The molecule has 1 aromatic heterocycles.